The van der Waals surface area contributed by atoms with Crippen molar-refractivity contribution in [3.8, 4) is 5.88 Å². The van der Waals surface area contributed by atoms with Crippen LogP contribution in [-0.4, -0.2) is 18.6 Å². The summed E-state index contributed by atoms with van der Waals surface area (Å²) in [6, 6.07) is 12.8. The zero-order valence-electron chi connectivity index (χ0n) is 12.5. The van der Waals surface area contributed by atoms with Crippen molar-refractivity contribution in [2.24, 2.45) is 0 Å². The average molecular weight is 282 g/mol. The van der Waals surface area contributed by atoms with Gasteiger partial charge in [0, 0.05) is 25.4 Å². The Labute approximate surface area is 126 Å². The molecule has 3 heteroatoms. The molecule has 1 aliphatic carbocycles. The summed E-state index contributed by atoms with van der Waals surface area (Å²) in [6.07, 6.45) is 5.69. The van der Waals surface area contributed by atoms with Gasteiger partial charge in [-0.1, -0.05) is 30.3 Å². The standard InChI is InChI=1S/C18H22N2O/c1-21-18-10-9-14(12-20-18)11-19-13-16-7-4-6-15-5-2-3-8-17(15)16/h2-3,5,8-10,12,16,19H,4,6-7,11,13H2,1H3. The summed E-state index contributed by atoms with van der Waals surface area (Å²) in [5.74, 6) is 1.31. The first kappa shape index (κ1) is 14.1. The Morgan fingerprint density at radius 3 is 2.95 bits per heavy atom. The molecule has 110 valence electrons. The Morgan fingerprint density at radius 2 is 2.14 bits per heavy atom. The maximum atomic E-state index is 5.08. The second-order valence-electron chi connectivity index (χ2n) is 5.63. The van der Waals surface area contributed by atoms with Crippen LogP contribution in [0, 0.1) is 0 Å². The van der Waals surface area contributed by atoms with E-state index < -0.39 is 0 Å². The van der Waals surface area contributed by atoms with Crippen molar-refractivity contribution in [3.05, 3.63) is 59.3 Å². The van der Waals surface area contributed by atoms with E-state index in [1.807, 2.05) is 12.3 Å². The third kappa shape index (κ3) is 3.42. The van der Waals surface area contributed by atoms with Crippen molar-refractivity contribution in [2.75, 3.05) is 13.7 Å². The van der Waals surface area contributed by atoms with Crippen molar-refractivity contribution in [1.82, 2.24) is 10.3 Å². The van der Waals surface area contributed by atoms with Crippen molar-refractivity contribution in [1.29, 1.82) is 0 Å². The Bertz CT molecular complexity index is 580. The summed E-state index contributed by atoms with van der Waals surface area (Å²) >= 11 is 0. The quantitative estimate of drug-likeness (QED) is 0.913. The van der Waals surface area contributed by atoms with Gasteiger partial charge in [0.2, 0.25) is 5.88 Å². The molecule has 1 heterocycles. The van der Waals surface area contributed by atoms with Crippen LogP contribution in [0.5, 0.6) is 5.88 Å². The third-order valence-corrected chi connectivity index (χ3v) is 4.22. The van der Waals surface area contributed by atoms with Gasteiger partial charge in [-0.15, -0.1) is 0 Å². The highest BCUT2D eigenvalue weighted by molar-refractivity contribution is 5.32. The van der Waals surface area contributed by atoms with E-state index in [9.17, 15) is 0 Å². The number of hydrogen-bond donors (Lipinski definition) is 1. The lowest BCUT2D eigenvalue weighted by Crippen LogP contribution is -2.24. The van der Waals surface area contributed by atoms with Crippen LogP contribution in [0.3, 0.4) is 0 Å². The number of hydrogen-bond acceptors (Lipinski definition) is 3. The number of aromatic nitrogens is 1. The minimum absolute atomic E-state index is 0.640. The average Bonchev–Trinajstić information content (AvgIpc) is 2.56. The van der Waals surface area contributed by atoms with E-state index in [0.29, 0.717) is 11.8 Å². The number of ether oxygens (including phenoxy) is 1. The van der Waals surface area contributed by atoms with Gasteiger partial charge >= 0.3 is 0 Å². The summed E-state index contributed by atoms with van der Waals surface area (Å²) in [5, 5.41) is 3.57. The van der Waals surface area contributed by atoms with Crippen LogP contribution in [0.4, 0.5) is 0 Å². The minimum atomic E-state index is 0.640. The van der Waals surface area contributed by atoms with Crippen LogP contribution in [0.25, 0.3) is 0 Å². The molecule has 1 N–H and O–H groups in total. The largest absolute Gasteiger partial charge is 0.481 e. The van der Waals surface area contributed by atoms with E-state index in [1.54, 1.807) is 7.11 Å². The summed E-state index contributed by atoms with van der Waals surface area (Å²) < 4.78 is 5.08. The maximum Gasteiger partial charge on any atom is 0.212 e. The van der Waals surface area contributed by atoms with Crippen molar-refractivity contribution in [2.45, 2.75) is 31.7 Å². The molecule has 0 aliphatic heterocycles. The summed E-state index contributed by atoms with van der Waals surface area (Å²) in [5.41, 5.74) is 4.26. The number of methoxy groups -OCH3 is 1. The fraction of sp³-hybridized carbons (Fsp3) is 0.389. The van der Waals surface area contributed by atoms with Gasteiger partial charge in [0.25, 0.3) is 0 Å². The van der Waals surface area contributed by atoms with Crippen LogP contribution in [-0.2, 0) is 13.0 Å². The SMILES string of the molecule is COc1ccc(CNCC2CCCc3ccccc32)cn1. The number of aryl methyl sites for hydroxylation is 1. The molecule has 3 rings (SSSR count). The lowest BCUT2D eigenvalue weighted by atomic mass is 9.83. The van der Waals surface area contributed by atoms with E-state index in [-0.39, 0.29) is 0 Å². The number of benzene rings is 1. The smallest absolute Gasteiger partial charge is 0.212 e. The molecular weight excluding hydrogens is 260 g/mol. The molecule has 0 saturated heterocycles. The van der Waals surface area contributed by atoms with Crippen molar-refractivity contribution >= 4 is 0 Å². The van der Waals surface area contributed by atoms with Crippen LogP contribution in [0.1, 0.15) is 35.4 Å². The predicted octanol–water partition coefficient (Wildman–Crippen LogP) is 3.30. The molecule has 0 spiro atoms. The lowest BCUT2D eigenvalue weighted by molar-refractivity contribution is 0.397. The van der Waals surface area contributed by atoms with Crippen LogP contribution >= 0.6 is 0 Å². The maximum absolute atomic E-state index is 5.08. The normalized spacial score (nSPS) is 17.3. The molecule has 1 aromatic carbocycles. The molecule has 1 unspecified atom stereocenters. The molecule has 1 aliphatic rings. The van der Waals surface area contributed by atoms with Crippen LogP contribution in [0.2, 0.25) is 0 Å². The fourth-order valence-corrected chi connectivity index (χ4v) is 3.09. The van der Waals surface area contributed by atoms with Crippen molar-refractivity contribution in [3.63, 3.8) is 0 Å². The molecule has 21 heavy (non-hydrogen) atoms. The molecule has 0 amide bonds. The number of fused-ring (bicyclic) bond motifs is 1. The van der Waals surface area contributed by atoms with Gasteiger partial charge in [-0.05, 0) is 41.9 Å². The van der Waals surface area contributed by atoms with Gasteiger partial charge < -0.3 is 10.1 Å². The molecule has 1 aromatic heterocycles. The van der Waals surface area contributed by atoms with E-state index in [4.69, 9.17) is 4.74 Å². The van der Waals surface area contributed by atoms with Gasteiger partial charge in [0.15, 0.2) is 0 Å². The van der Waals surface area contributed by atoms with Crippen LogP contribution in [0.15, 0.2) is 42.6 Å². The highest BCUT2D eigenvalue weighted by Gasteiger charge is 2.18. The van der Waals surface area contributed by atoms with E-state index in [2.05, 4.69) is 40.6 Å². The third-order valence-electron chi connectivity index (χ3n) is 4.22. The molecule has 0 fully saturated rings. The number of rotatable bonds is 5. The van der Waals surface area contributed by atoms with E-state index >= 15 is 0 Å². The highest BCUT2D eigenvalue weighted by atomic mass is 16.5. The number of pyridine rings is 1. The molecule has 3 nitrogen and oxygen atoms in total. The Kier molecular flexibility index (Phi) is 4.51. The Morgan fingerprint density at radius 1 is 1.24 bits per heavy atom. The fourth-order valence-electron chi connectivity index (χ4n) is 3.09. The summed E-state index contributed by atoms with van der Waals surface area (Å²) in [6.45, 7) is 1.89. The van der Waals surface area contributed by atoms with Gasteiger partial charge in [-0.2, -0.15) is 0 Å². The lowest BCUT2D eigenvalue weighted by Gasteiger charge is -2.25. The summed E-state index contributed by atoms with van der Waals surface area (Å²) in [4.78, 5) is 4.24. The molecule has 2 aromatic rings. The number of nitrogens with zero attached hydrogens (tertiary/aromatic N) is 1. The van der Waals surface area contributed by atoms with Gasteiger partial charge in [0.05, 0.1) is 7.11 Å². The first-order valence-electron chi connectivity index (χ1n) is 7.64. The molecular formula is C18H22N2O. The Hall–Kier alpha value is -1.87. The van der Waals surface area contributed by atoms with E-state index in [0.717, 1.165) is 13.1 Å². The molecule has 1 atom stereocenters. The molecule has 0 bridgehead atoms. The van der Waals surface area contributed by atoms with Gasteiger partial charge in [-0.3, -0.25) is 0 Å². The molecule has 0 saturated carbocycles. The van der Waals surface area contributed by atoms with Gasteiger partial charge in [-0.25, -0.2) is 4.98 Å². The van der Waals surface area contributed by atoms with E-state index in [1.165, 1.54) is 36.0 Å². The predicted molar refractivity (Wildman–Crippen MR) is 84.6 cm³/mol. The highest BCUT2D eigenvalue weighted by Crippen LogP contribution is 2.30. The second kappa shape index (κ2) is 6.72. The first-order valence-corrected chi connectivity index (χ1v) is 7.64. The topological polar surface area (TPSA) is 34.1 Å². The van der Waals surface area contributed by atoms with Crippen LogP contribution < -0.4 is 10.1 Å². The van der Waals surface area contributed by atoms with Crippen molar-refractivity contribution < 1.29 is 4.74 Å². The van der Waals surface area contributed by atoms with Gasteiger partial charge in [0.1, 0.15) is 0 Å². The molecule has 0 radical (unpaired) electrons. The first-order chi connectivity index (χ1) is 10.4. The Balaban J connectivity index is 1.56. The number of nitrogens with one attached hydrogen (secondary N) is 1. The summed E-state index contributed by atoms with van der Waals surface area (Å²) in [7, 11) is 1.64. The zero-order valence-corrected chi connectivity index (χ0v) is 12.5. The minimum Gasteiger partial charge on any atom is -0.481 e. The monoisotopic (exact) mass is 282 g/mol. The zero-order chi connectivity index (χ0) is 14.5. The second-order valence-corrected chi connectivity index (χ2v) is 5.63.